The van der Waals surface area contributed by atoms with Crippen molar-refractivity contribution in [3.8, 4) is 0 Å². The number of esters is 2. The first-order valence-corrected chi connectivity index (χ1v) is 9.80. The Labute approximate surface area is 179 Å². The molecule has 2 heterocycles. The summed E-state index contributed by atoms with van der Waals surface area (Å²) in [6.45, 7) is 2.00. The monoisotopic (exact) mass is 454 g/mol. The second-order valence-electron chi connectivity index (χ2n) is 6.52. The molecule has 31 heavy (non-hydrogen) atoms. The smallest absolute Gasteiger partial charge is 0.353 e. The lowest BCUT2D eigenvalue weighted by molar-refractivity contribution is -0.342. The summed E-state index contributed by atoms with van der Waals surface area (Å²) in [6.07, 6.45) is -1.49. The Kier molecular flexibility index (Phi) is 12.1. The number of carbonyl (C=O) groups excluding carboxylic acids is 2. The quantitative estimate of drug-likeness (QED) is 0.185. The first kappa shape index (κ1) is 25.8. The normalized spacial score (nSPS) is 25.2. The molecule has 2 aliphatic rings. The van der Waals surface area contributed by atoms with Gasteiger partial charge in [-0.15, -0.1) is 0 Å². The van der Waals surface area contributed by atoms with Crippen molar-refractivity contribution in [3.05, 3.63) is 0 Å². The number of ether oxygens (including phenoxy) is 6. The lowest BCUT2D eigenvalue weighted by Gasteiger charge is -2.24. The van der Waals surface area contributed by atoms with Crippen molar-refractivity contribution in [2.24, 2.45) is 11.5 Å². The predicted octanol–water partition coefficient (Wildman–Crippen LogP) is -2.59. The fourth-order valence-electron chi connectivity index (χ4n) is 2.21. The molecule has 2 atom stereocenters. The zero-order valence-corrected chi connectivity index (χ0v) is 17.2. The van der Waals surface area contributed by atoms with E-state index in [0.717, 1.165) is 0 Å². The minimum atomic E-state index is -2.54. The maximum atomic E-state index is 12.2. The second kappa shape index (κ2) is 14.6. The third kappa shape index (κ3) is 10.1. The molecule has 2 unspecified atom stereocenters. The molecule has 180 valence electrons. The van der Waals surface area contributed by atoms with Gasteiger partial charge in [0.25, 0.3) is 5.66 Å². The van der Waals surface area contributed by atoms with Crippen molar-refractivity contribution in [2.75, 3.05) is 79.3 Å². The summed E-state index contributed by atoms with van der Waals surface area (Å²) in [6, 6.07) is 0. The van der Waals surface area contributed by atoms with Crippen molar-refractivity contribution in [1.82, 2.24) is 0 Å². The van der Waals surface area contributed by atoms with E-state index in [1.165, 1.54) is 0 Å². The lowest BCUT2D eigenvalue weighted by Crippen LogP contribution is -2.64. The molecule has 0 aromatic heterocycles. The maximum Gasteiger partial charge on any atom is 0.353 e. The van der Waals surface area contributed by atoms with E-state index < -0.39 is 29.8 Å². The molecule has 0 spiro atoms. The minimum absolute atomic E-state index is 0.0628. The van der Waals surface area contributed by atoms with Crippen molar-refractivity contribution in [3.63, 3.8) is 0 Å². The van der Waals surface area contributed by atoms with E-state index >= 15 is 0 Å². The molecule has 2 saturated heterocycles. The van der Waals surface area contributed by atoms with Gasteiger partial charge in [0.2, 0.25) is 0 Å². The molecule has 0 aromatic rings. The van der Waals surface area contributed by atoms with Crippen LogP contribution in [0.15, 0.2) is 0 Å². The summed E-state index contributed by atoms with van der Waals surface area (Å²) < 4.78 is 31.0. The molecular formula is C17H30N2O12. The molecular weight excluding hydrogens is 424 g/mol. The minimum Gasteiger partial charge on any atom is -0.460 e. The van der Waals surface area contributed by atoms with Crippen LogP contribution in [0.5, 0.6) is 0 Å². The molecule has 0 amide bonds. The number of rotatable bonds is 6. The van der Waals surface area contributed by atoms with Gasteiger partial charge in [0, 0.05) is 0 Å². The highest BCUT2D eigenvalue weighted by atomic mass is 17.2. The molecule has 0 radical (unpaired) electrons. The Morgan fingerprint density at radius 1 is 0.677 bits per heavy atom. The fraction of sp³-hybridized carbons (Fsp3) is 0.882. The van der Waals surface area contributed by atoms with Crippen molar-refractivity contribution in [2.45, 2.75) is 17.9 Å². The molecule has 0 bridgehead atoms. The van der Waals surface area contributed by atoms with Crippen molar-refractivity contribution >= 4 is 11.9 Å². The lowest BCUT2D eigenvalue weighted by atomic mass is 10.2. The van der Waals surface area contributed by atoms with Crippen LogP contribution in [-0.4, -0.2) is 109 Å². The predicted molar refractivity (Wildman–Crippen MR) is 97.9 cm³/mol. The number of nitrogens with two attached hydrogens (primary N) is 2. The summed E-state index contributed by atoms with van der Waals surface area (Å²) in [5.41, 5.74) is 8.71. The van der Waals surface area contributed by atoms with Gasteiger partial charge in [-0.3, -0.25) is 11.5 Å². The van der Waals surface area contributed by atoms with Crippen LogP contribution in [-0.2, 0) is 57.6 Å². The van der Waals surface area contributed by atoms with Crippen LogP contribution < -0.4 is 11.5 Å². The Bertz CT molecular complexity index is 471. The summed E-state index contributed by atoms with van der Waals surface area (Å²) >= 11 is 0. The highest BCUT2D eigenvalue weighted by Crippen LogP contribution is 2.06. The Balaban J connectivity index is 1.75. The SMILES string of the molecule is NC(N)(C(=O)OCC1COCCOCCOO1)C(=O)OCC1COCCOCCOO1. The van der Waals surface area contributed by atoms with Gasteiger partial charge in [0.15, 0.2) is 12.2 Å². The van der Waals surface area contributed by atoms with E-state index in [2.05, 4.69) is 0 Å². The second-order valence-corrected chi connectivity index (χ2v) is 6.52. The van der Waals surface area contributed by atoms with E-state index in [-0.39, 0.29) is 39.6 Å². The first-order valence-electron chi connectivity index (χ1n) is 9.80. The van der Waals surface area contributed by atoms with E-state index in [9.17, 15) is 9.59 Å². The maximum absolute atomic E-state index is 12.2. The average molecular weight is 454 g/mol. The van der Waals surface area contributed by atoms with Gasteiger partial charge in [-0.05, 0) is 0 Å². The van der Waals surface area contributed by atoms with Crippen LogP contribution in [0.2, 0.25) is 0 Å². The Hall–Kier alpha value is -1.46. The van der Waals surface area contributed by atoms with Crippen LogP contribution >= 0.6 is 0 Å². The molecule has 2 aliphatic heterocycles. The van der Waals surface area contributed by atoms with Crippen LogP contribution in [0.4, 0.5) is 0 Å². The molecule has 4 N–H and O–H groups in total. The zero-order valence-electron chi connectivity index (χ0n) is 17.2. The third-order valence-electron chi connectivity index (χ3n) is 3.86. The van der Waals surface area contributed by atoms with Crippen molar-refractivity contribution in [1.29, 1.82) is 0 Å². The molecule has 0 saturated carbocycles. The standard InChI is InChI=1S/C17H30N2O12/c18-17(19,15(20)26-11-13-9-24-3-1-22-5-7-28-30-13)16(21)27-12-14-10-25-4-2-23-6-8-29-31-14/h13-14H,1-12,18-19H2. The Morgan fingerprint density at radius 3 is 1.52 bits per heavy atom. The van der Waals surface area contributed by atoms with Crippen molar-refractivity contribution < 1.29 is 57.6 Å². The Morgan fingerprint density at radius 2 is 1.06 bits per heavy atom. The average Bonchev–Trinajstić information content (AvgIpc) is 2.78. The highest BCUT2D eigenvalue weighted by Gasteiger charge is 2.42. The number of hydrogen-bond donors (Lipinski definition) is 2. The van der Waals surface area contributed by atoms with Crippen LogP contribution in [0.1, 0.15) is 0 Å². The summed E-state index contributed by atoms with van der Waals surface area (Å²) in [5, 5.41) is 0. The molecule has 14 heteroatoms. The van der Waals surface area contributed by atoms with Gasteiger partial charge in [0.1, 0.15) is 26.4 Å². The number of hydrogen-bond acceptors (Lipinski definition) is 14. The summed E-state index contributed by atoms with van der Waals surface area (Å²) in [7, 11) is 0. The summed E-state index contributed by atoms with van der Waals surface area (Å²) in [5.74, 6) is -2.42. The number of carbonyl (C=O) groups is 2. The van der Waals surface area contributed by atoms with Gasteiger partial charge < -0.3 is 28.4 Å². The van der Waals surface area contributed by atoms with Gasteiger partial charge in [-0.25, -0.2) is 29.1 Å². The third-order valence-corrected chi connectivity index (χ3v) is 3.86. The topological polar surface area (TPSA) is 178 Å². The zero-order chi connectivity index (χ0) is 22.4. The summed E-state index contributed by atoms with van der Waals surface area (Å²) in [4.78, 5) is 44.5. The van der Waals surface area contributed by atoms with E-state index in [4.69, 9.17) is 59.4 Å². The molecule has 0 aliphatic carbocycles. The molecule has 2 rings (SSSR count). The largest absolute Gasteiger partial charge is 0.460 e. The van der Waals surface area contributed by atoms with E-state index in [1.54, 1.807) is 0 Å². The van der Waals surface area contributed by atoms with Gasteiger partial charge in [-0.2, -0.15) is 0 Å². The fourth-order valence-corrected chi connectivity index (χ4v) is 2.21. The molecule has 14 nitrogen and oxygen atoms in total. The van der Waals surface area contributed by atoms with Gasteiger partial charge in [-0.1, -0.05) is 0 Å². The van der Waals surface area contributed by atoms with Crippen LogP contribution in [0, 0.1) is 0 Å². The highest BCUT2D eigenvalue weighted by molar-refractivity contribution is 6.03. The molecule has 0 aromatic carbocycles. The van der Waals surface area contributed by atoms with Gasteiger partial charge >= 0.3 is 11.9 Å². The van der Waals surface area contributed by atoms with Crippen LogP contribution in [0.3, 0.4) is 0 Å². The van der Waals surface area contributed by atoms with E-state index in [0.29, 0.717) is 39.6 Å². The van der Waals surface area contributed by atoms with Crippen LogP contribution in [0.25, 0.3) is 0 Å². The van der Waals surface area contributed by atoms with E-state index in [1.807, 2.05) is 0 Å². The molecule has 2 fully saturated rings. The van der Waals surface area contributed by atoms with Gasteiger partial charge in [0.05, 0.1) is 52.9 Å². The first-order chi connectivity index (χ1) is 15.0.